The van der Waals surface area contributed by atoms with E-state index >= 15 is 0 Å². The van der Waals surface area contributed by atoms with Crippen LogP contribution < -0.4 is 5.32 Å². The molecule has 1 aromatic rings. The third kappa shape index (κ3) is 4.26. The van der Waals surface area contributed by atoms with Crippen molar-refractivity contribution in [2.45, 2.75) is 38.8 Å². The van der Waals surface area contributed by atoms with Gasteiger partial charge in [0, 0.05) is 25.8 Å². The molecular formula is C13H23N3O2S. The molecule has 0 saturated carbocycles. The SMILES string of the molecule is CCCNCc1ccc(S(=O)(=O)N(CC)CC)nc1. The van der Waals surface area contributed by atoms with E-state index in [-0.39, 0.29) is 5.03 Å². The predicted octanol–water partition coefficient (Wildman–Crippen LogP) is 1.61. The molecule has 1 rings (SSSR count). The second-order valence-electron chi connectivity index (χ2n) is 4.27. The summed E-state index contributed by atoms with van der Waals surface area (Å²) in [6.45, 7) is 8.33. The van der Waals surface area contributed by atoms with Gasteiger partial charge < -0.3 is 5.32 Å². The fourth-order valence-corrected chi connectivity index (χ4v) is 3.14. The first kappa shape index (κ1) is 16.1. The van der Waals surface area contributed by atoms with Gasteiger partial charge in [0.25, 0.3) is 10.0 Å². The van der Waals surface area contributed by atoms with Gasteiger partial charge >= 0.3 is 0 Å². The number of rotatable bonds is 8. The van der Waals surface area contributed by atoms with Crippen LogP contribution in [0.2, 0.25) is 0 Å². The van der Waals surface area contributed by atoms with Crippen molar-refractivity contribution in [2.75, 3.05) is 19.6 Å². The molecule has 0 saturated heterocycles. The van der Waals surface area contributed by atoms with E-state index in [1.165, 1.54) is 4.31 Å². The second kappa shape index (κ2) is 7.57. The van der Waals surface area contributed by atoms with Crippen LogP contribution in [0.4, 0.5) is 0 Å². The lowest BCUT2D eigenvalue weighted by atomic mass is 10.3. The minimum atomic E-state index is -3.44. The summed E-state index contributed by atoms with van der Waals surface area (Å²) in [5.41, 5.74) is 0.993. The Labute approximate surface area is 116 Å². The highest BCUT2D eigenvalue weighted by atomic mass is 32.2. The molecule has 108 valence electrons. The Morgan fingerprint density at radius 1 is 1.21 bits per heavy atom. The topological polar surface area (TPSA) is 62.3 Å². The van der Waals surface area contributed by atoms with Crippen LogP contribution >= 0.6 is 0 Å². The van der Waals surface area contributed by atoms with Gasteiger partial charge in [-0.1, -0.05) is 26.8 Å². The van der Waals surface area contributed by atoms with E-state index in [1.807, 2.05) is 19.9 Å². The van der Waals surface area contributed by atoms with Gasteiger partial charge in [0.15, 0.2) is 5.03 Å². The highest BCUT2D eigenvalue weighted by molar-refractivity contribution is 7.89. The van der Waals surface area contributed by atoms with Crippen molar-refractivity contribution in [1.82, 2.24) is 14.6 Å². The lowest BCUT2D eigenvalue weighted by Gasteiger charge is -2.17. The molecule has 1 aromatic heterocycles. The number of pyridine rings is 1. The zero-order chi connectivity index (χ0) is 14.3. The summed E-state index contributed by atoms with van der Waals surface area (Å²) in [5.74, 6) is 0. The first-order valence-electron chi connectivity index (χ1n) is 6.72. The van der Waals surface area contributed by atoms with Crippen molar-refractivity contribution >= 4 is 10.0 Å². The quantitative estimate of drug-likeness (QED) is 0.737. The molecular weight excluding hydrogens is 262 g/mol. The van der Waals surface area contributed by atoms with Gasteiger partial charge in [0.2, 0.25) is 0 Å². The van der Waals surface area contributed by atoms with E-state index in [1.54, 1.807) is 12.3 Å². The number of hydrogen-bond donors (Lipinski definition) is 1. The van der Waals surface area contributed by atoms with Crippen LogP contribution in [0.25, 0.3) is 0 Å². The summed E-state index contributed by atoms with van der Waals surface area (Å²) in [7, 11) is -3.44. The summed E-state index contributed by atoms with van der Waals surface area (Å²) < 4.78 is 25.8. The zero-order valence-corrected chi connectivity index (χ0v) is 12.7. The number of aromatic nitrogens is 1. The van der Waals surface area contributed by atoms with Crippen LogP contribution in [0.3, 0.4) is 0 Å². The van der Waals surface area contributed by atoms with Gasteiger partial charge in [0.05, 0.1) is 0 Å². The maximum Gasteiger partial charge on any atom is 0.260 e. The minimum Gasteiger partial charge on any atom is -0.313 e. The van der Waals surface area contributed by atoms with Crippen LogP contribution in [0.15, 0.2) is 23.4 Å². The highest BCUT2D eigenvalue weighted by Gasteiger charge is 2.22. The van der Waals surface area contributed by atoms with Crippen LogP contribution in [0.5, 0.6) is 0 Å². The smallest absolute Gasteiger partial charge is 0.260 e. The molecule has 0 spiro atoms. The van der Waals surface area contributed by atoms with Gasteiger partial charge in [0.1, 0.15) is 0 Å². The maximum absolute atomic E-state index is 12.2. The molecule has 0 aliphatic heterocycles. The van der Waals surface area contributed by atoms with Crippen molar-refractivity contribution in [3.63, 3.8) is 0 Å². The van der Waals surface area contributed by atoms with Crippen molar-refractivity contribution in [1.29, 1.82) is 0 Å². The Bertz CT molecular complexity index is 467. The van der Waals surface area contributed by atoms with Gasteiger partial charge in [-0.3, -0.25) is 0 Å². The molecule has 0 amide bonds. The molecule has 0 radical (unpaired) electrons. The van der Waals surface area contributed by atoms with Crippen molar-refractivity contribution in [3.05, 3.63) is 23.9 Å². The Balaban J connectivity index is 2.80. The van der Waals surface area contributed by atoms with Crippen LogP contribution in [0, 0.1) is 0 Å². The Morgan fingerprint density at radius 3 is 2.37 bits per heavy atom. The molecule has 0 atom stereocenters. The van der Waals surface area contributed by atoms with E-state index in [4.69, 9.17) is 0 Å². The van der Waals surface area contributed by atoms with Crippen molar-refractivity contribution in [3.8, 4) is 0 Å². The third-order valence-corrected chi connectivity index (χ3v) is 4.83. The average molecular weight is 285 g/mol. The fourth-order valence-electron chi connectivity index (χ4n) is 1.77. The number of sulfonamides is 1. The molecule has 19 heavy (non-hydrogen) atoms. The van der Waals surface area contributed by atoms with E-state index in [0.717, 1.165) is 18.5 Å². The Morgan fingerprint density at radius 2 is 1.89 bits per heavy atom. The molecule has 0 fully saturated rings. The monoisotopic (exact) mass is 285 g/mol. The average Bonchev–Trinajstić information content (AvgIpc) is 2.41. The van der Waals surface area contributed by atoms with E-state index in [2.05, 4.69) is 17.2 Å². The summed E-state index contributed by atoms with van der Waals surface area (Å²) in [6, 6.07) is 3.39. The van der Waals surface area contributed by atoms with E-state index in [0.29, 0.717) is 19.6 Å². The lowest BCUT2D eigenvalue weighted by molar-refractivity contribution is 0.442. The number of nitrogens with zero attached hydrogens (tertiary/aromatic N) is 2. The van der Waals surface area contributed by atoms with Gasteiger partial charge in [-0.25, -0.2) is 13.4 Å². The minimum absolute atomic E-state index is 0.121. The fraction of sp³-hybridized carbons (Fsp3) is 0.615. The van der Waals surface area contributed by atoms with Crippen LogP contribution in [-0.4, -0.2) is 37.3 Å². The lowest BCUT2D eigenvalue weighted by Crippen LogP contribution is -2.31. The first-order valence-corrected chi connectivity index (χ1v) is 8.16. The van der Waals surface area contributed by atoms with Gasteiger partial charge in [-0.2, -0.15) is 4.31 Å². The maximum atomic E-state index is 12.2. The second-order valence-corrected chi connectivity index (χ2v) is 6.16. The molecule has 0 aliphatic carbocycles. The molecule has 0 aromatic carbocycles. The van der Waals surface area contributed by atoms with Crippen molar-refractivity contribution < 1.29 is 8.42 Å². The molecule has 1 heterocycles. The van der Waals surface area contributed by atoms with E-state index < -0.39 is 10.0 Å². The Kier molecular flexibility index (Phi) is 6.41. The third-order valence-electron chi connectivity index (χ3n) is 2.86. The summed E-state index contributed by atoms with van der Waals surface area (Å²) in [6.07, 6.45) is 2.70. The molecule has 0 bridgehead atoms. The number of nitrogens with one attached hydrogen (secondary N) is 1. The molecule has 0 unspecified atom stereocenters. The molecule has 0 aliphatic rings. The van der Waals surface area contributed by atoms with Crippen LogP contribution in [-0.2, 0) is 16.6 Å². The molecule has 6 heteroatoms. The molecule has 5 nitrogen and oxygen atoms in total. The molecule has 1 N–H and O–H groups in total. The first-order chi connectivity index (χ1) is 9.06. The highest BCUT2D eigenvalue weighted by Crippen LogP contribution is 2.13. The van der Waals surface area contributed by atoms with E-state index in [9.17, 15) is 8.42 Å². The largest absolute Gasteiger partial charge is 0.313 e. The van der Waals surface area contributed by atoms with Crippen molar-refractivity contribution in [2.24, 2.45) is 0 Å². The Hall–Kier alpha value is -0.980. The number of hydrogen-bond acceptors (Lipinski definition) is 4. The van der Waals surface area contributed by atoms with Crippen LogP contribution in [0.1, 0.15) is 32.8 Å². The zero-order valence-electron chi connectivity index (χ0n) is 11.9. The predicted molar refractivity (Wildman–Crippen MR) is 76.3 cm³/mol. The van der Waals surface area contributed by atoms with Gasteiger partial charge in [-0.05, 0) is 24.6 Å². The summed E-state index contributed by atoms with van der Waals surface area (Å²) >= 11 is 0. The summed E-state index contributed by atoms with van der Waals surface area (Å²) in [4.78, 5) is 4.08. The standard InChI is InChI=1S/C13H23N3O2S/c1-4-9-14-10-12-7-8-13(15-11-12)19(17,18)16(5-2)6-3/h7-8,11,14H,4-6,9-10H2,1-3H3. The van der Waals surface area contributed by atoms with Gasteiger partial charge in [-0.15, -0.1) is 0 Å². The normalized spacial score (nSPS) is 12.0. The summed E-state index contributed by atoms with van der Waals surface area (Å²) in [5, 5.41) is 3.38.